The summed E-state index contributed by atoms with van der Waals surface area (Å²) in [6.45, 7) is 9.20. The molecule has 0 amide bonds. The van der Waals surface area contributed by atoms with Gasteiger partial charge in [0.1, 0.15) is 0 Å². The molecule has 2 heterocycles. The van der Waals surface area contributed by atoms with E-state index < -0.39 is 0 Å². The SMILES string of the molecule is CC(C)C1CNCCN1CCc1cnn(C)c1. The molecule has 1 saturated heterocycles. The Morgan fingerprint density at radius 2 is 2.35 bits per heavy atom. The van der Waals surface area contributed by atoms with Gasteiger partial charge < -0.3 is 5.32 Å². The maximum Gasteiger partial charge on any atom is 0.0522 e. The molecule has 96 valence electrons. The molecule has 1 fully saturated rings. The zero-order valence-corrected chi connectivity index (χ0v) is 11.2. The summed E-state index contributed by atoms with van der Waals surface area (Å²) in [7, 11) is 1.98. The third-order valence-electron chi connectivity index (χ3n) is 3.61. The van der Waals surface area contributed by atoms with Crippen molar-refractivity contribution in [3.8, 4) is 0 Å². The number of piperazine rings is 1. The minimum Gasteiger partial charge on any atom is -0.314 e. The first kappa shape index (κ1) is 12.6. The van der Waals surface area contributed by atoms with Gasteiger partial charge in [-0.05, 0) is 17.9 Å². The van der Waals surface area contributed by atoms with Crippen LogP contribution in [-0.2, 0) is 13.5 Å². The molecule has 1 aliphatic rings. The molecule has 1 aromatic heterocycles. The minimum atomic E-state index is 0.681. The highest BCUT2D eigenvalue weighted by Gasteiger charge is 2.24. The number of nitrogens with one attached hydrogen (secondary N) is 1. The smallest absolute Gasteiger partial charge is 0.0522 e. The van der Waals surface area contributed by atoms with Gasteiger partial charge in [-0.25, -0.2) is 0 Å². The zero-order valence-electron chi connectivity index (χ0n) is 11.2. The van der Waals surface area contributed by atoms with Crippen LogP contribution in [0.5, 0.6) is 0 Å². The Morgan fingerprint density at radius 3 is 3.00 bits per heavy atom. The van der Waals surface area contributed by atoms with Crippen LogP contribution in [0, 0.1) is 5.92 Å². The van der Waals surface area contributed by atoms with E-state index in [2.05, 4.69) is 35.4 Å². The Balaban J connectivity index is 1.88. The maximum absolute atomic E-state index is 4.22. The van der Waals surface area contributed by atoms with Crippen LogP contribution in [-0.4, -0.2) is 46.9 Å². The van der Waals surface area contributed by atoms with Crippen LogP contribution in [0.4, 0.5) is 0 Å². The summed E-state index contributed by atoms with van der Waals surface area (Å²) in [5.41, 5.74) is 1.34. The van der Waals surface area contributed by atoms with Gasteiger partial charge in [0.25, 0.3) is 0 Å². The first-order chi connectivity index (χ1) is 8.16. The van der Waals surface area contributed by atoms with Crippen molar-refractivity contribution in [1.82, 2.24) is 20.0 Å². The van der Waals surface area contributed by atoms with Gasteiger partial charge in [-0.15, -0.1) is 0 Å². The van der Waals surface area contributed by atoms with Crippen LogP contribution in [0.1, 0.15) is 19.4 Å². The van der Waals surface area contributed by atoms with Crippen molar-refractivity contribution in [1.29, 1.82) is 0 Å². The molecule has 0 aliphatic carbocycles. The average Bonchev–Trinajstić information content (AvgIpc) is 2.73. The lowest BCUT2D eigenvalue weighted by molar-refractivity contribution is 0.126. The van der Waals surface area contributed by atoms with Gasteiger partial charge in [-0.2, -0.15) is 5.10 Å². The molecule has 1 N–H and O–H groups in total. The number of hydrogen-bond donors (Lipinski definition) is 1. The van der Waals surface area contributed by atoms with E-state index in [-0.39, 0.29) is 0 Å². The standard InChI is InChI=1S/C13H24N4/c1-11(2)13-9-14-5-7-17(13)6-4-12-8-15-16(3)10-12/h8,10-11,13-14H,4-7,9H2,1-3H3. The van der Waals surface area contributed by atoms with Crippen molar-refractivity contribution >= 4 is 0 Å². The summed E-state index contributed by atoms with van der Waals surface area (Å²) < 4.78 is 1.88. The van der Waals surface area contributed by atoms with Gasteiger partial charge in [-0.3, -0.25) is 9.58 Å². The highest BCUT2D eigenvalue weighted by molar-refractivity contribution is 5.04. The van der Waals surface area contributed by atoms with Gasteiger partial charge in [0.05, 0.1) is 6.20 Å². The molecule has 0 aromatic carbocycles. The van der Waals surface area contributed by atoms with E-state index in [1.807, 2.05) is 17.9 Å². The summed E-state index contributed by atoms with van der Waals surface area (Å²) in [5.74, 6) is 0.719. The number of nitrogens with zero attached hydrogens (tertiary/aromatic N) is 3. The molecule has 0 spiro atoms. The topological polar surface area (TPSA) is 33.1 Å². The monoisotopic (exact) mass is 236 g/mol. The van der Waals surface area contributed by atoms with Gasteiger partial charge in [0, 0.05) is 45.5 Å². The second-order valence-corrected chi connectivity index (χ2v) is 5.32. The average molecular weight is 236 g/mol. The fourth-order valence-corrected chi connectivity index (χ4v) is 2.58. The normalized spacial score (nSPS) is 22.2. The third-order valence-corrected chi connectivity index (χ3v) is 3.61. The lowest BCUT2D eigenvalue weighted by Gasteiger charge is -2.38. The molecule has 0 bridgehead atoms. The fraction of sp³-hybridized carbons (Fsp3) is 0.769. The largest absolute Gasteiger partial charge is 0.314 e. The van der Waals surface area contributed by atoms with Crippen molar-refractivity contribution < 1.29 is 0 Å². The van der Waals surface area contributed by atoms with Crippen molar-refractivity contribution in [3.63, 3.8) is 0 Å². The Morgan fingerprint density at radius 1 is 1.53 bits per heavy atom. The Bertz CT molecular complexity index is 345. The molecule has 1 aromatic rings. The van der Waals surface area contributed by atoms with Crippen LogP contribution in [0.2, 0.25) is 0 Å². The van der Waals surface area contributed by atoms with Crippen molar-refractivity contribution in [2.24, 2.45) is 13.0 Å². The molecular weight excluding hydrogens is 212 g/mol. The highest BCUT2D eigenvalue weighted by atomic mass is 15.2. The van der Waals surface area contributed by atoms with Gasteiger partial charge in [0.15, 0.2) is 0 Å². The molecule has 1 aliphatic heterocycles. The highest BCUT2D eigenvalue weighted by Crippen LogP contribution is 2.13. The molecule has 0 radical (unpaired) electrons. The van der Waals surface area contributed by atoms with E-state index in [1.54, 1.807) is 0 Å². The molecule has 0 saturated carbocycles. The summed E-state index contributed by atoms with van der Waals surface area (Å²) in [5, 5.41) is 7.71. The first-order valence-electron chi connectivity index (χ1n) is 6.59. The van der Waals surface area contributed by atoms with E-state index in [1.165, 1.54) is 12.1 Å². The molecule has 4 nitrogen and oxygen atoms in total. The van der Waals surface area contributed by atoms with Crippen LogP contribution in [0.25, 0.3) is 0 Å². The Labute approximate surface area is 104 Å². The van der Waals surface area contributed by atoms with Gasteiger partial charge >= 0.3 is 0 Å². The lowest BCUT2D eigenvalue weighted by atomic mass is 10.00. The van der Waals surface area contributed by atoms with Crippen LogP contribution >= 0.6 is 0 Å². The number of aromatic nitrogens is 2. The van der Waals surface area contributed by atoms with Crippen molar-refractivity contribution in [3.05, 3.63) is 18.0 Å². The molecule has 2 rings (SSSR count). The summed E-state index contributed by atoms with van der Waals surface area (Å²) in [4.78, 5) is 2.62. The Hall–Kier alpha value is -0.870. The predicted molar refractivity (Wildman–Crippen MR) is 70.0 cm³/mol. The molecule has 17 heavy (non-hydrogen) atoms. The number of hydrogen-bond acceptors (Lipinski definition) is 3. The van der Waals surface area contributed by atoms with Gasteiger partial charge in [-0.1, -0.05) is 13.8 Å². The number of rotatable bonds is 4. The van der Waals surface area contributed by atoms with Crippen molar-refractivity contribution in [2.75, 3.05) is 26.2 Å². The molecule has 1 atom stereocenters. The molecule has 1 unspecified atom stereocenters. The second-order valence-electron chi connectivity index (χ2n) is 5.32. The first-order valence-corrected chi connectivity index (χ1v) is 6.59. The summed E-state index contributed by atoms with van der Waals surface area (Å²) >= 11 is 0. The maximum atomic E-state index is 4.22. The van der Waals surface area contributed by atoms with E-state index >= 15 is 0 Å². The second kappa shape index (κ2) is 5.65. The Kier molecular flexibility index (Phi) is 4.18. The minimum absolute atomic E-state index is 0.681. The summed E-state index contributed by atoms with van der Waals surface area (Å²) in [6, 6.07) is 0.681. The predicted octanol–water partition coefficient (Wildman–Crippen LogP) is 0.892. The van der Waals surface area contributed by atoms with Crippen LogP contribution < -0.4 is 5.32 Å². The number of aryl methyl sites for hydroxylation is 1. The molecule has 4 heteroatoms. The lowest BCUT2D eigenvalue weighted by Crippen LogP contribution is -2.53. The van der Waals surface area contributed by atoms with E-state index in [9.17, 15) is 0 Å². The fourth-order valence-electron chi connectivity index (χ4n) is 2.58. The third kappa shape index (κ3) is 3.30. The van der Waals surface area contributed by atoms with E-state index in [0.717, 1.165) is 32.0 Å². The van der Waals surface area contributed by atoms with E-state index in [4.69, 9.17) is 0 Å². The quantitative estimate of drug-likeness (QED) is 0.843. The molecular formula is C13H24N4. The van der Waals surface area contributed by atoms with Crippen LogP contribution in [0.15, 0.2) is 12.4 Å². The van der Waals surface area contributed by atoms with Crippen molar-refractivity contribution in [2.45, 2.75) is 26.3 Å². The van der Waals surface area contributed by atoms with Gasteiger partial charge in [0.2, 0.25) is 0 Å². The van der Waals surface area contributed by atoms with Crippen LogP contribution in [0.3, 0.4) is 0 Å². The van der Waals surface area contributed by atoms with E-state index in [0.29, 0.717) is 6.04 Å². The summed E-state index contributed by atoms with van der Waals surface area (Å²) in [6.07, 6.45) is 5.20. The zero-order chi connectivity index (χ0) is 12.3.